The second kappa shape index (κ2) is 4.06. The van der Waals surface area contributed by atoms with Crippen LogP contribution in [0.2, 0.25) is 0 Å². The van der Waals surface area contributed by atoms with Crippen molar-refractivity contribution in [2.45, 2.75) is 58.7 Å². The molecule has 0 aromatic rings. The topological polar surface area (TPSA) is 60.7 Å². The maximum atomic E-state index is 10.9. The van der Waals surface area contributed by atoms with E-state index in [2.05, 4.69) is 13.8 Å². The number of fused-ring (bicyclic) bond motifs is 1. The van der Waals surface area contributed by atoms with Crippen LogP contribution in [0.4, 0.5) is 0 Å². The molecule has 0 aromatic heterocycles. The van der Waals surface area contributed by atoms with E-state index in [9.17, 15) is 15.3 Å². The molecule has 3 heteroatoms. The normalized spacial score (nSPS) is 47.4. The number of hydrogen-bond acceptors (Lipinski definition) is 3. The van der Waals surface area contributed by atoms with E-state index in [0.717, 1.165) is 19.3 Å². The molecule has 0 aliphatic heterocycles. The van der Waals surface area contributed by atoms with Gasteiger partial charge in [0.15, 0.2) is 0 Å². The summed E-state index contributed by atoms with van der Waals surface area (Å²) < 4.78 is 0. The first-order chi connectivity index (χ1) is 8.19. The van der Waals surface area contributed by atoms with Crippen LogP contribution in [0.25, 0.3) is 0 Å². The van der Waals surface area contributed by atoms with Crippen molar-refractivity contribution in [2.75, 3.05) is 6.61 Å². The molecular formula is C15H26O3. The first-order valence-electron chi connectivity index (χ1n) is 6.89. The Hall–Kier alpha value is -0.380. The van der Waals surface area contributed by atoms with Gasteiger partial charge in [-0.25, -0.2) is 0 Å². The van der Waals surface area contributed by atoms with Gasteiger partial charge in [0, 0.05) is 11.3 Å². The molecule has 3 N–H and O–H groups in total. The molecule has 0 saturated heterocycles. The van der Waals surface area contributed by atoms with Gasteiger partial charge in [-0.15, -0.1) is 0 Å². The lowest BCUT2D eigenvalue weighted by atomic mass is 9.46. The molecule has 3 nitrogen and oxygen atoms in total. The minimum atomic E-state index is -1.20. The van der Waals surface area contributed by atoms with Gasteiger partial charge in [-0.2, -0.15) is 0 Å². The van der Waals surface area contributed by atoms with E-state index < -0.39 is 17.1 Å². The smallest absolute Gasteiger partial charge is 0.114 e. The molecule has 18 heavy (non-hydrogen) atoms. The van der Waals surface area contributed by atoms with Gasteiger partial charge in [0.05, 0.1) is 12.7 Å². The third kappa shape index (κ3) is 1.60. The maximum absolute atomic E-state index is 10.9. The summed E-state index contributed by atoms with van der Waals surface area (Å²) in [4.78, 5) is 0. The van der Waals surface area contributed by atoms with Crippen LogP contribution in [0, 0.1) is 16.7 Å². The predicted octanol–water partition coefficient (Wildman–Crippen LogP) is 1.86. The lowest BCUT2D eigenvalue weighted by Gasteiger charge is -2.61. The quantitative estimate of drug-likeness (QED) is 0.626. The van der Waals surface area contributed by atoms with E-state index in [-0.39, 0.29) is 17.9 Å². The summed E-state index contributed by atoms with van der Waals surface area (Å²) in [6.45, 7) is 7.87. The average Bonchev–Trinajstić information content (AvgIpc) is 2.24. The van der Waals surface area contributed by atoms with Crippen molar-refractivity contribution in [2.24, 2.45) is 16.7 Å². The van der Waals surface area contributed by atoms with Crippen molar-refractivity contribution in [3.05, 3.63) is 11.6 Å². The second-order valence-electron chi connectivity index (χ2n) is 7.10. The first kappa shape index (κ1) is 14.0. The summed E-state index contributed by atoms with van der Waals surface area (Å²) >= 11 is 0. The zero-order valence-corrected chi connectivity index (χ0v) is 11.9. The van der Waals surface area contributed by atoms with Crippen molar-refractivity contribution in [1.82, 2.24) is 0 Å². The molecule has 0 bridgehead atoms. The summed E-state index contributed by atoms with van der Waals surface area (Å²) in [5, 5.41) is 31.1. The van der Waals surface area contributed by atoms with Crippen molar-refractivity contribution in [3.8, 4) is 0 Å². The van der Waals surface area contributed by atoms with Gasteiger partial charge in [0.1, 0.15) is 5.60 Å². The Morgan fingerprint density at radius 2 is 1.89 bits per heavy atom. The standard InChI is InChI=1S/C15H26O3/c1-10-8-11(17)12-13(2,3)6-5-7-14(12,4)15(10,18)9-16/h8,11-12,16-18H,5-7,9H2,1-4H3. The van der Waals surface area contributed by atoms with Gasteiger partial charge < -0.3 is 15.3 Å². The summed E-state index contributed by atoms with van der Waals surface area (Å²) in [5.74, 6) is -0.0143. The van der Waals surface area contributed by atoms with Crippen LogP contribution >= 0.6 is 0 Å². The van der Waals surface area contributed by atoms with Crippen molar-refractivity contribution >= 4 is 0 Å². The fraction of sp³-hybridized carbons (Fsp3) is 0.867. The zero-order valence-electron chi connectivity index (χ0n) is 11.9. The fourth-order valence-corrected chi connectivity index (χ4v) is 4.63. The van der Waals surface area contributed by atoms with Gasteiger partial charge in [0.25, 0.3) is 0 Å². The lowest BCUT2D eigenvalue weighted by molar-refractivity contribution is -0.185. The molecule has 1 saturated carbocycles. The van der Waals surface area contributed by atoms with E-state index in [4.69, 9.17) is 0 Å². The number of aliphatic hydroxyl groups excluding tert-OH is 2. The minimum absolute atomic E-state index is 0.0143. The van der Waals surface area contributed by atoms with Gasteiger partial charge in [-0.3, -0.25) is 0 Å². The van der Waals surface area contributed by atoms with Crippen LogP contribution in [-0.2, 0) is 0 Å². The first-order valence-corrected chi connectivity index (χ1v) is 6.89. The maximum Gasteiger partial charge on any atom is 0.114 e. The Morgan fingerprint density at radius 1 is 1.28 bits per heavy atom. The molecular weight excluding hydrogens is 228 g/mol. The molecule has 4 atom stereocenters. The van der Waals surface area contributed by atoms with Crippen molar-refractivity contribution < 1.29 is 15.3 Å². The third-order valence-electron chi connectivity index (χ3n) is 5.63. The molecule has 4 unspecified atom stereocenters. The monoisotopic (exact) mass is 254 g/mol. The molecule has 0 radical (unpaired) electrons. The molecule has 2 rings (SSSR count). The highest BCUT2D eigenvalue weighted by atomic mass is 16.3. The van der Waals surface area contributed by atoms with Gasteiger partial charge in [-0.05, 0) is 30.8 Å². The largest absolute Gasteiger partial charge is 0.393 e. The average molecular weight is 254 g/mol. The molecule has 2 aliphatic carbocycles. The zero-order chi connectivity index (χ0) is 13.8. The second-order valence-corrected chi connectivity index (χ2v) is 7.10. The summed E-state index contributed by atoms with van der Waals surface area (Å²) in [7, 11) is 0. The van der Waals surface area contributed by atoms with E-state index in [1.165, 1.54) is 0 Å². The molecule has 1 fully saturated rings. The van der Waals surface area contributed by atoms with Crippen LogP contribution in [0.15, 0.2) is 11.6 Å². The fourth-order valence-electron chi connectivity index (χ4n) is 4.63. The van der Waals surface area contributed by atoms with Gasteiger partial charge in [-0.1, -0.05) is 33.3 Å². The summed E-state index contributed by atoms with van der Waals surface area (Å²) in [5.41, 5.74) is -0.975. The highest BCUT2D eigenvalue weighted by Crippen LogP contribution is 2.60. The number of rotatable bonds is 1. The molecule has 0 aromatic carbocycles. The Morgan fingerprint density at radius 3 is 2.44 bits per heavy atom. The Labute approximate surface area is 110 Å². The SMILES string of the molecule is CC1=CC(O)C2C(C)(C)CCCC2(C)C1(O)CO. The molecule has 104 valence electrons. The Bertz CT molecular complexity index is 374. The van der Waals surface area contributed by atoms with Crippen LogP contribution in [-0.4, -0.2) is 33.6 Å². The molecule has 0 heterocycles. The van der Waals surface area contributed by atoms with Crippen LogP contribution in [0.5, 0.6) is 0 Å². The number of aliphatic hydroxyl groups is 3. The van der Waals surface area contributed by atoms with E-state index >= 15 is 0 Å². The predicted molar refractivity (Wildman–Crippen MR) is 71.0 cm³/mol. The van der Waals surface area contributed by atoms with Crippen molar-refractivity contribution in [3.63, 3.8) is 0 Å². The molecule has 2 aliphatic rings. The van der Waals surface area contributed by atoms with E-state index in [0.29, 0.717) is 5.57 Å². The van der Waals surface area contributed by atoms with Crippen LogP contribution in [0.1, 0.15) is 47.0 Å². The summed E-state index contributed by atoms with van der Waals surface area (Å²) in [6, 6.07) is 0. The van der Waals surface area contributed by atoms with Gasteiger partial charge >= 0.3 is 0 Å². The van der Waals surface area contributed by atoms with E-state index in [1.807, 2.05) is 13.8 Å². The van der Waals surface area contributed by atoms with Gasteiger partial charge in [0.2, 0.25) is 0 Å². The van der Waals surface area contributed by atoms with Crippen molar-refractivity contribution in [1.29, 1.82) is 0 Å². The van der Waals surface area contributed by atoms with Crippen LogP contribution in [0.3, 0.4) is 0 Å². The lowest BCUT2D eigenvalue weighted by Crippen LogP contribution is -2.64. The Balaban J connectivity index is 2.58. The Kier molecular flexibility index (Phi) is 3.16. The minimum Gasteiger partial charge on any atom is -0.393 e. The third-order valence-corrected chi connectivity index (χ3v) is 5.63. The summed E-state index contributed by atoms with van der Waals surface area (Å²) in [6.07, 6.45) is 4.13. The highest BCUT2D eigenvalue weighted by molar-refractivity contribution is 5.29. The van der Waals surface area contributed by atoms with Crippen LogP contribution < -0.4 is 0 Å². The van der Waals surface area contributed by atoms with E-state index in [1.54, 1.807) is 6.08 Å². The highest BCUT2D eigenvalue weighted by Gasteiger charge is 2.61. The molecule has 0 amide bonds. The number of hydrogen-bond donors (Lipinski definition) is 3. The molecule has 0 spiro atoms.